The first-order valence-electron chi connectivity index (χ1n) is 5.90. The van der Waals surface area contributed by atoms with Gasteiger partial charge in [0, 0.05) is 19.0 Å². The fraction of sp³-hybridized carbons (Fsp3) is 0.636. The molecular weight excluding hydrogens is 202 g/mol. The van der Waals surface area contributed by atoms with Crippen LogP contribution in [0.25, 0.3) is 0 Å². The monoisotopic (exact) mass is 221 g/mol. The van der Waals surface area contributed by atoms with Gasteiger partial charge in [-0.25, -0.2) is 15.8 Å². The molecular formula is C11H19N5. The quantitative estimate of drug-likeness (QED) is 0.519. The minimum absolute atomic E-state index is 0.669. The number of nitrogens with zero attached hydrogens (tertiary/aromatic N) is 2. The van der Waals surface area contributed by atoms with E-state index in [0.29, 0.717) is 5.82 Å². The Hall–Kier alpha value is -1.36. The molecule has 2 rings (SSSR count). The van der Waals surface area contributed by atoms with Crippen molar-refractivity contribution in [3.63, 3.8) is 0 Å². The summed E-state index contributed by atoms with van der Waals surface area (Å²) in [6, 6.07) is 1.85. The molecule has 4 N–H and O–H groups in total. The number of aromatic nitrogens is 2. The van der Waals surface area contributed by atoms with Crippen LogP contribution in [0.15, 0.2) is 6.07 Å². The topological polar surface area (TPSA) is 75.9 Å². The molecule has 0 spiro atoms. The van der Waals surface area contributed by atoms with Crippen molar-refractivity contribution in [2.75, 3.05) is 17.3 Å². The summed E-state index contributed by atoms with van der Waals surface area (Å²) in [6.07, 6.45) is 4.85. The molecule has 1 saturated carbocycles. The number of aryl methyl sites for hydroxylation is 1. The predicted octanol–water partition coefficient (Wildman–Crippen LogP) is 1.54. The second kappa shape index (κ2) is 5.12. The second-order valence-corrected chi connectivity index (χ2v) is 4.23. The number of nitrogen functional groups attached to an aromatic ring is 1. The van der Waals surface area contributed by atoms with E-state index in [-0.39, 0.29) is 0 Å². The molecule has 0 saturated heterocycles. The summed E-state index contributed by atoms with van der Waals surface area (Å²) < 4.78 is 0. The van der Waals surface area contributed by atoms with Crippen LogP contribution in [0.1, 0.15) is 32.0 Å². The number of hydrazine groups is 1. The van der Waals surface area contributed by atoms with Crippen LogP contribution in [0.3, 0.4) is 0 Å². The fourth-order valence-corrected chi connectivity index (χ4v) is 1.77. The van der Waals surface area contributed by atoms with E-state index >= 15 is 0 Å². The first-order chi connectivity index (χ1) is 7.81. The molecule has 1 aliphatic rings. The maximum Gasteiger partial charge on any atom is 0.145 e. The van der Waals surface area contributed by atoms with E-state index in [4.69, 9.17) is 5.84 Å². The minimum Gasteiger partial charge on any atom is -0.370 e. The zero-order valence-electron chi connectivity index (χ0n) is 9.66. The van der Waals surface area contributed by atoms with Gasteiger partial charge in [-0.2, -0.15) is 0 Å². The summed E-state index contributed by atoms with van der Waals surface area (Å²) in [5.74, 6) is 8.53. The van der Waals surface area contributed by atoms with Crippen LogP contribution >= 0.6 is 0 Å². The Labute approximate surface area is 95.8 Å². The average molecular weight is 221 g/mol. The summed E-state index contributed by atoms with van der Waals surface area (Å²) in [5.41, 5.74) is 2.57. The number of hydrogen-bond donors (Lipinski definition) is 3. The molecule has 0 atom stereocenters. The lowest BCUT2D eigenvalue weighted by Gasteiger charge is -2.25. The van der Waals surface area contributed by atoms with E-state index in [2.05, 4.69) is 20.7 Å². The van der Waals surface area contributed by atoms with E-state index < -0.39 is 0 Å². The van der Waals surface area contributed by atoms with Crippen LogP contribution in [0.4, 0.5) is 11.6 Å². The van der Waals surface area contributed by atoms with Crippen molar-refractivity contribution in [2.45, 2.75) is 32.6 Å². The van der Waals surface area contributed by atoms with Gasteiger partial charge >= 0.3 is 0 Å². The molecule has 5 heteroatoms. The van der Waals surface area contributed by atoms with Crippen molar-refractivity contribution in [2.24, 2.45) is 11.8 Å². The Balaban J connectivity index is 2.00. The van der Waals surface area contributed by atoms with E-state index in [9.17, 15) is 0 Å². The third-order valence-electron chi connectivity index (χ3n) is 3.03. The highest BCUT2D eigenvalue weighted by Gasteiger charge is 2.17. The Morgan fingerprint density at radius 3 is 2.69 bits per heavy atom. The molecule has 1 heterocycles. The molecule has 1 aliphatic carbocycles. The lowest BCUT2D eigenvalue weighted by atomic mass is 9.85. The van der Waals surface area contributed by atoms with Crippen molar-refractivity contribution < 1.29 is 0 Å². The SMILES string of the molecule is CCc1nc(NN)cc(NCC2CCC2)n1. The van der Waals surface area contributed by atoms with E-state index in [1.54, 1.807) is 0 Å². The minimum atomic E-state index is 0.669. The summed E-state index contributed by atoms with van der Waals surface area (Å²) in [5, 5.41) is 3.35. The zero-order valence-corrected chi connectivity index (χ0v) is 9.66. The van der Waals surface area contributed by atoms with Gasteiger partial charge < -0.3 is 10.7 Å². The van der Waals surface area contributed by atoms with Crippen molar-refractivity contribution >= 4 is 11.6 Å². The number of anilines is 2. The van der Waals surface area contributed by atoms with E-state index in [1.807, 2.05) is 13.0 Å². The fourth-order valence-electron chi connectivity index (χ4n) is 1.77. The summed E-state index contributed by atoms with van der Waals surface area (Å²) >= 11 is 0. The number of nitrogens with one attached hydrogen (secondary N) is 2. The van der Waals surface area contributed by atoms with Crippen LogP contribution in [0.5, 0.6) is 0 Å². The molecule has 0 aromatic carbocycles. The van der Waals surface area contributed by atoms with Crippen LogP contribution in [0, 0.1) is 5.92 Å². The molecule has 1 aromatic rings. The smallest absolute Gasteiger partial charge is 0.145 e. The normalized spacial score (nSPS) is 15.6. The first kappa shape index (κ1) is 11.1. The Bertz CT molecular complexity index is 326. The summed E-state index contributed by atoms with van der Waals surface area (Å²) in [7, 11) is 0. The predicted molar refractivity (Wildman–Crippen MR) is 65.1 cm³/mol. The van der Waals surface area contributed by atoms with E-state index in [0.717, 1.165) is 30.5 Å². The maximum absolute atomic E-state index is 5.37. The molecule has 0 bridgehead atoms. The zero-order chi connectivity index (χ0) is 11.4. The molecule has 5 nitrogen and oxygen atoms in total. The molecule has 0 unspecified atom stereocenters. The van der Waals surface area contributed by atoms with E-state index in [1.165, 1.54) is 19.3 Å². The van der Waals surface area contributed by atoms with Crippen LogP contribution in [-0.4, -0.2) is 16.5 Å². The van der Waals surface area contributed by atoms with Gasteiger partial charge in [0.2, 0.25) is 0 Å². The lowest BCUT2D eigenvalue weighted by Crippen LogP contribution is -2.22. The molecule has 16 heavy (non-hydrogen) atoms. The summed E-state index contributed by atoms with van der Waals surface area (Å²) in [4.78, 5) is 8.66. The average Bonchev–Trinajstić information content (AvgIpc) is 2.26. The lowest BCUT2D eigenvalue weighted by molar-refractivity contribution is 0.333. The Morgan fingerprint density at radius 1 is 1.38 bits per heavy atom. The van der Waals surface area contributed by atoms with Crippen molar-refractivity contribution in [3.8, 4) is 0 Å². The number of rotatable bonds is 5. The maximum atomic E-state index is 5.37. The van der Waals surface area contributed by atoms with Crippen LogP contribution in [0.2, 0.25) is 0 Å². The number of hydrogen-bond acceptors (Lipinski definition) is 5. The standard InChI is InChI=1S/C11H19N5/c1-2-9-14-10(6-11(15-9)16-12)13-7-8-4-3-5-8/h6,8H,2-5,7,12H2,1H3,(H2,13,14,15,16). The summed E-state index contributed by atoms with van der Waals surface area (Å²) in [6.45, 7) is 3.04. The van der Waals surface area contributed by atoms with Gasteiger partial charge in [0.15, 0.2) is 0 Å². The largest absolute Gasteiger partial charge is 0.370 e. The first-order valence-corrected chi connectivity index (χ1v) is 5.90. The van der Waals surface area contributed by atoms with Crippen LogP contribution in [-0.2, 0) is 6.42 Å². The van der Waals surface area contributed by atoms with Crippen molar-refractivity contribution in [1.82, 2.24) is 9.97 Å². The molecule has 0 amide bonds. The molecule has 88 valence electrons. The number of nitrogens with two attached hydrogens (primary N) is 1. The highest BCUT2D eigenvalue weighted by atomic mass is 15.3. The van der Waals surface area contributed by atoms with Gasteiger partial charge in [-0.3, -0.25) is 0 Å². The molecule has 0 radical (unpaired) electrons. The third-order valence-corrected chi connectivity index (χ3v) is 3.03. The highest BCUT2D eigenvalue weighted by Crippen LogP contribution is 2.26. The second-order valence-electron chi connectivity index (χ2n) is 4.23. The Morgan fingerprint density at radius 2 is 2.12 bits per heavy atom. The van der Waals surface area contributed by atoms with Gasteiger partial charge in [0.05, 0.1) is 0 Å². The van der Waals surface area contributed by atoms with Gasteiger partial charge in [0.25, 0.3) is 0 Å². The van der Waals surface area contributed by atoms with Gasteiger partial charge in [-0.15, -0.1) is 0 Å². The molecule has 1 aromatic heterocycles. The van der Waals surface area contributed by atoms with Gasteiger partial charge in [-0.1, -0.05) is 13.3 Å². The van der Waals surface area contributed by atoms with Gasteiger partial charge in [0.1, 0.15) is 17.5 Å². The highest BCUT2D eigenvalue weighted by molar-refractivity contribution is 5.46. The van der Waals surface area contributed by atoms with Crippen molar-refractivity contribution in [1.29, 1.82) is 0 Å². The third kappa shape index (κ3) is 2.61. The Kier molecular flexibility index (Phi) is 3.56. The van der Waals surface area contributed by atoms with Crippen molar-refractivity contribution in [3.05, 3.63) is 11.9 Å². The molecule has 0 aliphatic heterocycles. The van der Waals surface area contributed by atoms with Gasteiger partial charge in [-0.05, 0) is 18.8 Å². The molecule has 1 fully saturated rings. The van der Waals surface area contributed by atoms with Crippen LogP contribution < -0.4 is 16.6 Å².